The summed E-state index contributed by atoms with van der Waals surface area (Å²) < 4.78 is 25.0. The molecule has 8 heteroatoms. The predicted molar refractivity (Wildman–Crippen MR) is 127 cm³/mol. The summed E-state index contributed by atoms with van der Waals surface area (Å²) in [5, 5.41) is 2.93. The number of anilines is 2. The van der Waals surface area contributed by atoms with E-state index in [1.165, 1.54) is 43.5 Å². The van der Waals surface area contributed by atoms with Crippen molar-refractivity contribution >= 4 is 17.5 Å². The molecular weight excluding hydrogens is 435 g/mol. The fraction of sp³-hybridized carbons (Fsp3) is 0.346. The zero-order valence-electron chi connectivity index (χ0n) is 19.1. The minimum Gasteiger partial charge on any atom is -0.477 e. The lowest BCUT2D eigenvalue weighted by atomic mass is 10.1. The summed E-state index contributed by atoms with van der Waals surface area (Å²) >= 11 is 0. The molecule has 1 saturated carbocycles. The molecule has 0 bridgehead atoms. The maximum Gasteiger partial charge on any atom is 0.268 e. The topological polar surface area (TPSA) is 76.6 Å². The highest BCUT2D eigenvalue weighted by Crippen LogP contribution is 2.41. The van der Waals surface area contributed by atoms with E-state index in [1.54, 1.807) is 18.5 Å². The molecule has 0 unspecified atom stereocenters. The van der Waals surface area contributed by atoms with Crippen LogP contribution < -0.4 is 19.7 Å². The number of ether oxygens (including phenoxy) is 2. The minimum atomic E-state index is -0.908. The lowest BCUT2D eigenvalue weighted by Gasteiger charge is -2.26. The lowest BCUT2D eigenvalue weighted by molar-refractivity contribution is -0.124. The first kappa shape index (κ1) is 22.1. The molecule has 0 spiro atoms. The van der Waals surface area contributed by atoms with Gasteiger partial charge < -0.3 is 19.7 Å². The molecule has 2 aromatic carbocycles. The number of benzene rings is 2. The standard InChI is InChI=1S/C26H27FN4O3/c1-18-15-20(30-24(32)26(11-12-26)34-21-8-5-19(27)6-9-21)7-10-23(18)33-22-16-28-25(29-17-22)31-13-3-2-4-14-31/h5-10,15-17H,2-4,11-14H2,1H3,(H,30,32). The van der Waals surface area contributed by atoms with Crippen molar-refractivity contribution < 1.29 is 18.7 Å². The first-order valence-corrected chi connectivity index (χ1v) is 11.6. The number of amides is 1. The van der Waals surface area contributed by atoms with Gasteiger partial charge in [-0.15, -0.1) is 0 Å². The molecule has 0 atom stereocenters. The van der Waals surface area contributed by atoms with Gasteiger partial charge in [0.1, 0.15) is 17.3 Å². The highest BCUT2D eigenvalue weighted by Gasteiger charge is 2.53. The number of nitrogens with zero attached hydrogens (tertiary/aromatic N) is 3. The van der Waals surface area contributed by atoms with Gasteiger partial charge in [-0.1, -0.05) is 0 Å². The van der Waals surface area contributed by atoms with E-state index >= 15 is 0 Å². The van der Waals surface area contributed by atoms with Gasteiger partial charge in [0.2, 0.25) is 5.95 Å². The molecule has 34 heavy (non-hydrogen) atoms. The molecule has 1 aromatic heterocycles. The van der Waals surface area contributed by atoms with E-state index in [1.807, 2.05) is 19.1 Å². The van der Waals surface area contributed by atoms with Crippen LogP contribution in [0.1, 0.15) is 37.7 Å². The van der Waals surface area contributed by atoms with Gasteiger partial charge in [0, 0.05) is 31.6 Å². The Morgan fingerprint density at radius 2 is 1.71 bits per heavy atom. The Balaban J connectivity index is 1.20. The number of rotatable bonds is 7. The average Bonchev–Trinajstić information content (AvgIpc) is 3.64. The third-order valence-corrected chi connectivity index (χ3v) is 6.16. The van der Waals surface area contributed by atoms with Crippen molar-refractivity contribution in [1.29, 1.82) is 0 Å². The van der Waals surface area contributed by atoms with Crippen molar-refractivity contribution in [3.63, 3.8) is 0 Å². The summed E-state index contributed by atoms with van der Waals surface area (Å²) in [6.07, 6.45) is 8.21. The molecule has 2 aliphatic rings. The Kier molecular flexibility index (Phi) is 6.04. The largest absolute Gasteiger partial charge is 0.477 e. The Hall–Kier alpha value is -3.68. The number of carbonyl (C=O) groups excluding carboxylic acids is 1. The van der Waals surface area contributed by atoms with Crippen molar-refractivity contribution in [2.75, 3.05) is 23.3 Å². The Bertz CT molecular complexity index is 1160. The molecule has 1 amide bonds. The van der Waals surface area contributed by atoms with E-state index in [9.17, 15) is 9.18 Å². The monoisotopic (exact) mass is 462 g/mol. The number of aryl methyl sites for hydroxylation is 1. The summed E-state index contributed by atoms with van der Waals surface area (Å²) in [6, 6.07) is 11.1. The van der Waals surface area contributed by atoms with Crippen LogP contribution in [-0.2, 0) is 4.79 Å². The van der Waals surface area contributed by atoms with Gasteiger partial charge in [0.25, 0.3) is 5.91 Å². The third-order valence-electron chi connectivity index (χ3n) is 6.16. The number of halogens is 1. The van der Waals surface area contributed by atoms with E-state index in [0.29, 0.717) is 35.8 Å². The van der Waals surface area contributed by atoms with Crippen LogP contribution in [0.25, 0.3) is 0 Å². The summed E-state index contributed by atoms with van der Waals surface area (Å²) in [6.45, 7) is 3.89. The second kappa shape index (κ2) is 9.29. The van der Waals surface area contributed by atoms with Crippen LogP contribution in [0, 0.1) is 12.7 Å². The van der Waals surface area contributed by atoms with E-state index in [-0.39, 0.29) is 11.7 Å². The van der Waals surface area contributed by atoms with Gasteiger partial charge in [0.15, 0.2) is 11.4 Å². The van der Waals surface area contributed by atoms with Gasteiger partial charge in [-0.3, -0.25) is 4.79 Å². The molecule has 1 saturated heterocycles. The molecule has 0 radical (unpaired) electrons. The fourth-order valence-corrected chi connectivity index (χ4v) is 4.05. The molecule has 1 N–H and O–H groups in total. The Morgan fingerprint density at radius 3 is 2.35 bits per heavy atom. The maximum absolute atomic E-state index is 13.1. The highest BCUT2D eigenvalue weighted by atomic mass is 19.1. The first-order chi connectivity index (χ1) is 16.5. The average molecular weight is 463 g/mol. The van der Waals surface area contributed by atoms with Gasteiger partial charge in [-0.25, -0.2) is 14.4 Å². The molecule has 5 rings (SSSR count). The van der Waals surface area contributed by atoms with Crippen LogP contribution >= 0.6 is 0 Å². The van der Waals surface area contributed by atoms with Gasteiger partial charge in [0.05, 0.1) is 12.4 Å². The lowest BCUT2D eigenvalue weighted by Crippen LogP contribution is -2.35. The van der Waals surface area contributed by atoms with E-state index < -0.39 is 5.60 Å². The fourth-order valence-electron chi connectivity index (χ4n) is 4.05. The second-order valence-corrected chi connectivity index (χ2v) is 8.85. The van der Waals surface area contributed by atoms with Crippen LogP contribution in [-0.4, -0.2) is 34.6 Å². The number of carbonyl (C=O) groups is 1. The van der Waals surface area contributed by atoms with E-state index in [0.717, 1.165) is 24.6 Å². The minimum absolute atomic E-state index is 0.216. The van der Waals surface area contributed by atoms with Gasteiger partial charge in [-0.2, -0.15) is 0 Å². The number of aromatic nitrogens is 2. The van der Waals surface area contributed by atoms with E-state index in [2.05, 4.69) is 20.2 Å². The molecule has 2 fully saturated rings. The Morgan fingerprint density at radius 1 is 1.00 bits per heavy atom. The predicted octanol–water partition coefficient (Wildman–Crippen LogP) is 5.26. The molecule has 1 aliphatic carbocycles. The molecule has 1 aliphatic heterocycles. The zero-order valence-corrected chi connectivity index (χ0v) is 19.1. The summed E-state index contributed by atoms with van der Waals surface area (Å²) in [5.41, 5.74) is 0.608. The molecule has 3 aromatic rings. The van der Waals surface area contributed by atoms with Gasteiger partial charge in [-0.05, 0) is 74.2 Å². The smallest absolute Gasteiger partial charge is 0.268 e. The van der Waals surface area contributed by atoms with Crippen LogP contribution in [0.4, 0.5) is 16.0 Å². The van der Waals surface area contributed by atoms with E-state index in [4.69, 9.17) is 9.47 Å². The van der Waals surface area contributed by atoms with Crippen molar-refractivity contribution in [2.45, 2.75) is 44.6 Å². The number of hydrogen-bond acceptors (Lipinski definition) is 6. The number of hydrogen-bond donors (Lipinski definition) is 1. The quantitative estimate of drug-likeness (QED) is 0.516. The van der Waals surface area contributed by atoms with Crippen LogP contribution in [0.15, 0.2) is 54.9 Å². The second-order valence-electron chi connectivity index (χ2n) is 8.85. The molecule has 7 nitrogen and oxygen atoms in total. The number of nitrogens with one attached hydrogen (secondary N) is 1. The van der Waals surface area contributed by atoms with Crippen molar-refractivity contribution in [3.05, 3.63) is 66.2 Å². The summed E-state index contributed by atoms with van der Waals surface area (Å²) in [5.74, 6) is 1.87. The highest BCUT2D eigenvalue weighted by molar-refractivity contribution is 5.99. The maximum atomic E-state index is 13.1. The van der Waals surface area contributed by atoms with Crippen LogP contribution in [0.3, 0.4) is 0 Å². The summed E-state index contributed by atoms with van der Waals surface area (Å²) in [4.78, 5) is 24.0. The van der Waals surface area contributed by atoms with Crippen LogP contribution in [0.5, 0.6) is 17.2 Å². The zero-order chi connectivity index (χ0) is 23.5. The molecule has 2 heterocycles. The third kappa shape index (κ3) is 4.95. The van der Waals surface area contributed by atoms with Crippen LogP contribution in [0.2, 0.25) is 0 Å². The SMILES string of the molecule is Cc1cc(NC(=O)C2(Oc3ccc(F)cc3)CC2)ccc1Oc1cnc(N2CCCCC2)nc1. The summed E-state index contributed by atoms with van der Waals surface area (Å²) in [7, 11) is 0. The molecule has 176 valence electrons. The van der Waals surface area contributed by atoms with Gasteiger partial charge >= 0.3 is 0 Å². The Labute approximate surface area is 197 Å². The van der Waals surface area contributed by atoms with Crippen molar-refractivity contribution in [2.24, 2.45) is 0 Å². The normalized spacial score (nSPS) is 16.6. The molecular formula is C26H27FN4O3. The van der Waals surface area contributed by atoms with Crippen molar-refractivity contribution in [3.8, 4) is 17.2 Å². The number of piperidine rings is 1. The first-order valence-electron chi connectivity index (χ1n) is 11.6. The van der Waals surface area contributed by atoms with Crippen molar-refractivity contribution in [1.82, 2.24) is 9.97 Å².